The molecule has 0 bridgehead atoms. The smallest absolute Gasteiger partial charge is 0.123 e. The molecule has 0 N–H and O–H groups in total. The van der Waals surface area contributed by atoms with Gasteiger partial charge in [-0.25, -0.2) is 0 Å². The average Bonchev–Trinajstić information content (AvgIpc) is 2.47. The normalized spacial score (nSPS) is 17.7. The second-order valence-corrected chi connectivity index (χ2v) is 5.92. The van der Waals surface area contributed by atoms with Crippen molar-refractivity contribution in [2.24, 2.45) is 5.41 Å². The molecule has 0 unspecified atom stereocenters. The third-order valence-electron chi connectivity index (χ3n) is 4.10. The molecular formula is C16H21NOS. The van der Waals surface area contributed by atoms with Crippen molar-refractivity contribution in [1.82, 2.24) is 0 Å². The minimum Gasteiger partial charge on any atom is -0.493 e. The highest BCUT2D eigenvalue weighted by Crippen LogP contribution is 2.38. The van der Waals surface area contributed by atoms with Gasteiger partial charge in [0, 0.05) is 5.41 Å². The first-order chi connectivity index (χ1) is 9.19. The number of nitriles is 1. The maximum atomic E-state index is 8.95. The molecule has 0 aromatic heterocycles. The first kappa shape index (κ1) is 14.3. The van der Waals surface area contributed by atoms with Gasteiger partial charge in [-0.2, -0.15) is 17.9 Å². The summed E-state index contributed by atoms with van der Waals surface area (Å²) in [6.07, 6.45) is 6.29. The molecule has 1 saturated carbocycles. The molecule has 3 heteroatoms. The number of ether oxygens (including phenoxy) is 1. The summed E-state index contributed by atoms with van der Waals surface area (Å²) in [7, 11) is 0. The molecule has 0 radical (unpaired) electrons. The average molecular weight is 275 g/mol. The van der Waals surface area contributed by atoms with E-state index in [-0.39, 0.29) is 5.41 Å². The van der Waals surface area contributed by atoms with Gasteiger partial charge < -0.3 is 4.74 Å². The van der Waals surface area contributed by atoms with E-state index in [0.717, 1.165) is 17.1 Å². The number of rotatable bonds is 4. The fourth-order valence-electron chi connectivity index (χ4n) is 2.71. The largest absolute Gasteiger partial charge is 0.493 e. The quantitative estimate of drug-likeness (QED) is 0.838. The van der Waals surface area contributed by atoms with Crippen LogP contribution in [0.5, 0.6) is 5.75 Å². The number of benzene rings is 1. The van der Waals surface area contributed by atoms with Gasteiger partial charge >= 0.3 is 0 Å². The molecular weight excluding hydrogens is 254 g/mol. The van der Waals surface area contributed by atoms with E-state index in [2.05, 4.69) is 18.7 Å². The number of nitrogens with zero attached hydrogens (tertiary/aromatic N) is 1. The Labute approximate surface area is 121 Å². The number of hydrogen-bond acceptors (Lipinski definition) is 3. The Balaban J connectivity index is 2.07. The maximum absolute atomic E-state index is 8.95. The summed E-state index contributed by atoms with van der Waals surface area (Å²) in [5.74, 6) is 1.72. The lowest BCUT2D eigenvalue weighted by Gasteiger charge is -2.35. The van der Waals surface area contributed by atoms with Gasteiger partial charge in [-0.05, 0) is 43.2 Å². The van der Waals surface area contributed by atoms with E-state index < -0.39 is 0 Å². The van der Waals surface area contributed by atoms with Crippen molar-refractivity contribution in [3.63, 3.8) is 0 Å². The van der Waals surface area contributed by atoms with E-state index in [4.69, 9.17) is 10.00 Å². The van der Waals surface area contributed by atoms with Gasteiger partial charge in [0.1, 0.15) is 5.75 Å². The molecule has 2 nitrogen and oxygen atoms in total. The first-order valence-corrected chi connectivity index (χ1v) is 7.57. The van der Waals surface area contributed by atoms with Crippen LogP contribution in [0.25, 0.3) is 0 Å². The Morgan fingerprint density at radius 1 is 1.32 bits per heavy atom. The molecule has 1 aromatic rings. The SMILES string of the molecule is Cc1ccc(C#N)cc1OCC1(CS)CCCCC1. The Hall–Kier alpha value is -1.14. The summed E-state index contributed by atoms with van der Waals surface area (Å²) in [6.45, 7) is 2.73. The second kappa shape index (κ2) is 6.34. The molecule has 102 valence electrons. The number of hydrogen-bond donors (Lipinski definition) is 1. The molecule has 0 atom stereocenters. The van der Waals surface area contributed by atoms with Crippen LogP contribution in [-0.2, 0) is 0 Å². The highest BCUT2D eigenvalue weighted by atomic mass is 32.1. The number of aryl methyl sites for hydroxylation is 1. The monoisotopic (exact) mass is 275 g/mol. The molecule has 0 amide bonds. The topological polar surface area (TPSA) is 33.0 Å². The van der Waals surface area contributed by atoms with E-state index in [0.29, 0.717) is 12.2 Å². The minimum absolute atomic E-state index is 0.219. The third kappa shape index (κ3) is 3.45. The van der Waals surface area contributed by atoms with E-state index in [1.807, 2.05) is 25.1 Å². The Kier molecular flexibility index (Phi) is 4.76. The lowest BCUT2D eigenvalue weighted by molar-refractivity contribution is 0.120. The van der Waals surface area contributed by atoms with Crippen LogP contribution in [0.4, 0.5) is 0 Å². The predicted octanol–water partition coefficient (Wildman–Crippen LogP) is 4.13. The maximum Gasteiger partial charge on any atom is 0.123 e. The minimum atomic E-state index is 0.219. The van der Waals surface area contributed by atoms with E-state index in [1.165, 1.54) is 32.1 Å². The van der Waals surface area contributed by atoms with Gasteiger partial charge in [0.05, 0.1) is 18.2 Å². The second-order valence-electron chi connectivity index (χ2n) is 5.60. The zero-order valence-corrected chi connectivity index (χ0v) is 12.4. The fourth-order valence-corrected chi connectivity index (χ4v) is 3.11. The summed E-state index contributed by atoms with van der Waals surface area (Å²) in [6, 6.07) is 7.78. The molecule has 1 fully saturated rings. The molecule has 1 aliphatic rings. The molecule has 0 heterocycles. The van der Waals surface area contributed by atoms with Crippen molar-refractivity contribution in [2.75, 3.05) is 12.4 Å². The molecule has 1 aromatic carbocycles. The summed E-state index contributed by atoms with van der Waals surface area (Å²) in [5.41, 5.74) is 1.96. The summed E-state index contributed by atoms with van der Waals surface area (Å²) in [4.78, 5) is 0. The summed E-state index contributed by atoms with van der Waals surface area (Å²) >= 11 is 4.53. The zero-order valence-electron chi connectivity index (χ0n) is 11.5. The van der Waals surface area contributed by atoms with Gasteiger partial charge in [0.2, 0.25) is 0 Å². The lowest BCUT2D eigenvalue weighted by Crippen LogP contribution is -2.33. The summed E-state index contributed by atoms with van der Waals surface area (Å²) < 4.78 is 6.01. The van der Waals surface area contributed by atoms with Crippen LogP contribution in [0.1, 0.15) is 43.2 Å². The fraction of sp³-hybridized carbons (Fsp3) is 0.562. The van der Waals surface area contributed by atoms with Crippen LogP contribution < -0.4 is 4.74 Å². The molecule has 19 heavy (non-hydrogen) atoms. The van der Waals surface area contributed by atoms with Gasteiger partial charge in [0.25, 0.3) is 0 Å². The van der Waals surface area contributed by atoms with Crippen molar-refractivity contribution in [1.29, 1.82) is 5.26 Å². The standard InChI is InChI=1S/C16H21NOS/c1-13-5-6-14(10-17)9-15(13)18-11-16(12-19)7-3-2-4-8-16/h5-6,9,19H,2-4,7-8,11-12H2,1H3. The Bertz CT molecular complexity index is 472. The van der Waals surface area contributed by atoms with Crippen molar-refractivity contribution in [2.45, 2.75) is 39.0 Å². The predicted molar refractivity (Wildman–Crippen MR) is 80.8 cm³/mol. The van der Waals surface area contributed by atoms with Gasteiger partial charge in [-0.15, -0.1) is 0 Å². The Morgan fingerprint density at radius 3 is 2.68 bits per heavy atom. The lowest BCUT2D eigenvalue weighted by atomic mass is 9.76. The van der Waals surface area contributed by atoms with Gasteiger partial charge in [0.15, 0.2) is 0 Å². The van der Waals surface area contributed by atoms with Gasteiger partial charge in [-0.3, -0.25) is 0 Å². The molecule has 0 aliphatic heterocycles. The number of thiol groups is 1. The molecule has 2 rings (SSSR count). The van der Waals surface area contributed by atoms with Crippen LogP contribution in [-0.4, -0.2) is 12.4 Å². The van der Waals surface area contributed by atoms with E-state index >= 15 is 0 Å². The van der Waals surface area contributed by atoms with Crippen LogP contribution in [0.2, 0.25) is 0 Å². The van der Waals surface area contributed by atoms with Crippen LogP contribution in [0.3, 0.4) is 0 Å². The third-order valence-corrected chi connectivity index (χ3v) is 4.77. The Morgan fingerprint density at radius 2 is 2.05 bits per heavy atom. The van der Waals surface area contributed by atoms with Gasteiger partial charge in [-0.1, -0.05) is 25.3 Å². The summed E-state index contributed by atoms with van der Waals surface area (Å²) in [5, 5.41) is 8.95. The van der Waals surface area contributed by atoms with E-state index in [1.54, 1.807) is 0 Å². The molecule has 1 aliphatic carbocycles. The van der Waals surface area contributed by atoms with Crippen molar-refractivity contribution in [3.8, 4) is 11.8 Å². The highest BCUT2D eigenvalue weighted by Gasteiger charge is 2.31. The molecule has 0 spiro atoms. The van der Waals surface area contributed by atoms with Crippen LogP contribution in [0, 0.1) is 23.7 Å². The van der Waals surface area contributed by atoms with Crippen LogP contribution in [0.15, 0.2) is 18.2 Å². The van der Waals surface area contributed by atoms with Crippen molar-refractivity contribution >= 4 is 12.6 Å². The van der Waals surface area contributed by atoms with E-state index in [9.17, 15) is 0 Å². The van der Waals surface area contributed by atoms with Crippen molar-refractivity contribution in [3.05, 3.63) is 29.3 Å². The van der Waals surface area contributed by atoms with Crippen LogP contribution >= 0.6 is 12.6 Å². The highest BCUT2D eigenvalue weighted by molar-refractivity contribution is 7.80. The first-order valence-electron chi connectivity index (χ1n) is 6.93. The zero-order chi connectivity index (χ0) is 13.7. The van der Waals surface area contributed by atoms with Crippen molar-refractivity contribution < 1.29 is 4.74 Å². The molecule has 0 saturated heterocycles.